The average molecular weight is 467 g/mol. The van der Waals surface area contributed by atoms with Crippen molar-refractivity contribution in [3.8, 4) is 11.3 Å². The summed E-state index contributed by atoms with van der Waals surface area (Å²) < 4.78 is 16.7. The van der Waals surface area contributed by atoms with E-state index in [1.54, 1.807) is 16.8 Å². The molecular weight excluding hydrogens is 439 g/mol. The lowest BCUT2D eigenvalue weighted by atomic mass is 9.93. The smallest absolute Gasteiger partial charge is 0.274 e. The summed E-state index contributed by atoms with van der Waals surface area (Å²) in [6.07, 6.45) is 7.04. The van der Waals surface area contributed by atoms with Gasteiger partial charge < -0.3 is 4.90 Å². The van der Waals surface area contributed by atoms with E-state index in [1.165, 1.54) is 11.1 Å². The predicted octanol–water partition coefficient (Wildman–Crippen LogP) is 6.05. The summed E-state index contributed by atoms with van der Waals surface area (Å²) in [6.45, 7) is 2.75. The number of amides is 1. The second kappa shape index (κ2) is 7.74. The minimum Gasteiger partial charge on any atom is -0.330 e. The van der Waals surface area contributed by atoms with E-state index in [0.717, 1.165) is 48.9 Å². The first kappa shape index (κ1) is 20.8. The zero-order valence-corrected chi connectivity index (χ0v) is 19.7. The number of benzene rings is 2. The highest BCUT2D eigenvalue weighted by Gasteiger charge is 2.33. The molecule has 0 radical (unpaired) electrons. The molecule has 2 aliphatic carbocycles. The Kier molecular flexibility index (Phi) is 4.60. The zero-order valence-electron chi connectivity index (χ0n) is 19.7. The lowest BCUT2D eigenvalue weighted by molar-refractivity contribution is 0.0670. The van der Waals surface area contributed by atoms with Crippen LogP contribution >= 0.6 is 0 Å². The summed E-state index contributed by atoms with van der Waals surface area (Å²) in [5.74, 6) is 0.568. The molecule has 0 N–H and O–H groups in total. The van der Waals surface area contributed by atoms with Gasteiger partial charge in [0.15, 0.2) is 5.65 Å². The van der Waals surface area contributed by atoms with Gasteiger partial charge in [-0.15, -0.1) is 0 Å². The molecule has 1 aliphatic heterocycles. The Labute approximate surface area is 203 Å². The third-order valence-electron chi connectivity index (χ3n) is 7.86. The Balaban J connectivity index is 1.27. The predicted molar refractivity (Wildman–Crippen MR) is 132 cm³/mol. The highest BCUT2D eigenvalue weighted by atomic mass is 19.1. The largest absolute Gasteiger partial charge is 0.330 e. The minimum absolute atomic E-state index is 0.00764. The SMILES string of the molecule is C[C@@H]1c2ccccc2CCN1C(=O)c1cc(C2CC2)c2nc(-c3ccc(C4CC4)cc3F)cn2n1. The van der Waals surface area contributed by atoms with E-state index in [1.807, 2.05) is 29.2 Å². The van der Waals surface area contributed by atoms with Crippen molar-refractivity contribution >= 4 is 11.6 Å². The van der Waals surface area contributed by atoms with Crippen molar-refractivity contribution in [2.75, 3.05) is 6.54 Å². The maximum atomic E-state index is 15.0. The number of carbonyl (C=O) groups excluding carboxylic acids is 1. The fraction of sp³-hybridized carbons (Fsp3) is 0.345. The summed E-state index contributed by atoms with van der Waals surface area (Å²) in [4.78, 5) is 20.4. The molecule has 35 heavy (non-hydrogen) atoms. The minimum atomic E-state index is -0.247. The monoisotopic (exact) mass is 466 g/mol. The van der Waals surface area contributed by atoms with Crippen LogP contribution in [0.3, 0.4) is 0 Å². The number of carbonyl (C=O) groups is 1. The van der Waals surface area contributed by atoms with Gasteiger partial charge in [-0.05, 0) is 85.8 Å². The summed E-state index contributed by atoms with van der Waals surface area (Å²) in [5.41, 5.74) is 6.80. The number of nitrogens with zero attached hydrogens (tertiary/aromatic N) is 4. The molecule has 6 heteroatoms. The van der Waals surface area contributed by atoms with Crippen LogP contribution in [0.4, 0.5) is 4.39 Å². The van der Waals surface area contributed by atoms with Crippen molar-refractivity contribution in [2.45, 2.75) is 56.9 Å². The van der Waals surface area contributed by atoms with Gasteiger partial charge in [0.05, 0.1) is 17.9 Å². The lowest BCUT2D eigenvalue weighted by Gasteiger charge is -2.35. The number of rotatable bonds is 4. The molecule has 2 aromatic heterocycles. The van der Waals surface area contributed by atoms with E-state index in [4.69, 9.17) is 4.98 Å². The Hall–Kier alpha value is -3.54. The Morgan fingerprint density at radius 2 is 1.80 bits per heavy atom. The van der Waals surface area contributed by atoms with E-state index in [0.29, 0.717) is 35.3 Å². The zero-order chi connectivity index (χ0) is 23.7. The van der Waals surface area contributed by atoms with Gasteiger partial charge in [-0.1, -0.05) is 30.3 Å². The molecule has 5 nitrogen and oxygen atoms in total. The van der Waals surface area contributed by atoms with Crippen LogP contribution in [0.25, 0.3) is 16.9 Å². The molecule has 0 unspecified atom stereocenters. The maximum Gasteiger partial charge on any atom is 0.274 e. The molecule has 2 aromatic carbocycles. The van der Waals surface area contributed by atoms with Crippen LogP contribution in [0.15, 0.2) is 54.7 Å². The molecule has 1 amide bonds. The summed E-state index contributed by atoms with van der Waals surface area (Å²) in [7, 11) is 0. The van der Waals surface area contributed by atoms with Crippen LogP contribution in [-0.2, 0) is 6.42 Å². The number of halogens is 1. The highest BCUT2D eigenvalue weighted by Crippen LogP contribution is 2.43. The molecule has 2 fully saturated rings. The molecule has 4 aromatic rings. The quantitative estimate of drug-likeness (QED) is 0.368. The number of imidazole rings is 1. The van der Waals surface area contributed by atoms with Gasteiger partial charge in [-0.2, -0.15) is 5.10 Å². The topological polar surface area (TPSA) is 50.5 Å². The maximum absolute atomic E-state index is 15.0. The first-order valence-corrected chi connectivity index (χ1v) is 12.7. The van der Waals surface area contributed by atoms with Crippen LogP contribution in [0.2, 0.25) is 0 Å². The van der Waals surface area contributed by atoms with Crippen molar-refractivity contribution in [3.05, 3.63) is 88.5 Å². The van der Waals surface area contributed by atoms with E-state index in [2.05, 4.69) is 30.2 Å². The standard InChI is InChI=1S/C29H27FN4O/c1-17-22-5-3-2-4-19(22)12-13-33(17)29(35)26-15-24(20-8-9-20)28-31-27(16-34(28)32-26)23-11-10-21(14-25(23)30)18-6-7-18/h2-5,10-11,14-18,20H,6-9,12-13H2,1H3/t17-/m1/s1. The summed E-state index contributed by atoms with van der Waals surface area (Å²) in [5, 5.41) is 4.68. The molecule has 0 bridgehead atoms. The van der Waals surface area contributed by atoms with Crippen molar-refractivity contribution in [1.82, 2.24) is 19.5 Å². The van der Waals surface area contributed by atoms with Crippen molar-refractivity contribution < 1.29 is 9.18 Å². The van der Waals surface area contributed by atoms with Crippen LogP contribution in [0.5, 0.6) is 0 Å². The molecule has 1 atom stereocenters. The number of fused-ring (bicyclic) bond motifs is 2. The van der Waals surface area contributed by atoms with Crippen molar-refractivity contribution in [2.24, 2.45) is 0 Å². The fourth-order valence-corrected chi connectivity index (χ4v) is 5.54. The third-order valence-corrected chi connectivity index (χ3v) is 7.86. The molecular formula is C29H27FN4O. The van der Waals surface area contributed by atoms with Crippen molar-refractivity contribution in [1.29, 1.82) is 0 Å². The highest BCUT2D eigenvalue weighted by molar-refractivity contribution is 5.93. The van der Waals surface area contributed by atoms with Gasteiger partial charge in [-0.25, -0.2) is 13.9 Å². The number of hydrogen-bond donors (Lipinski definition) is 0. The van der Waals surface area contributed by atoms with E-state index < -0.39 is 0 Å². The fourth-order valence-electron chi connectivity index (χ4n) is 5.54. The normalized spacial score (nSPS) is 19.7. The van der Waals surface area contributed by atoms with E-state index >= 15 is 4.39 Å². The summed E-state index contributed by atoms with van der Waals surface area (Å²) >= 11 is 0. The third kappa shape index (κ3) is 3.54. The van der Waals surface area contributed by atoms with Crippen molar-refractivity contribution in [3.63, 3.8) is 0 Å². The Morgan fingerprint density at radius 1 is 1.00 bits per heavy atom. The second-order valence-electron chi connectivity index (χ2n) is 10.3. The van der Waals surface area contributed by atoms with Gasteiger partial charge in [0, 0.05) is 17.7 Å². The molecule has 0 spiro atoms. The molecule has 176 valence electrons. The summed E-state index contributed by atoms with van der Waals surface area (Å²) in [6, 6.07) is 15.8. The first-order valence-electron chi connectivity index (χ1n) is 12.7. The van der Waals surface area contributed by atoms with Gasteiger partial charge in [0.25, 0.3) is 5.91 Å². The van der Waals surface area contributed by atoms with Crippen LogP contribution in [0, 0.1) is 5.82 Å². The Morgan fingerprint density at radius 3 is 2.57 bits per heavy atom. The lowest BCUT2D eigenvalue weighted by Crippen LogP contribution is -2.39. The second-order valence-corrected chi connectivity index (χ2v) is 10.3. The average Bonchev–Trinajstić information content (AvgIpc) is 3.80. The van der Waals surface area contributed by atoms with E-state index in [9.17, 15) is 4.79 Å². The Bertz CT molecular complexity index is 1480. The van der Waals surface area contributed by atoms with Crippen LogP contribution in [-0.4, -0.2) is 31.9 Å². The molecule has 7 rings (SSSR count). The van der Waals surface area contributed by atoms with Crippen LogP contribution in [0.1, 0.15) is 83.2 Å². The van der Waals surface area contributed by atoms with Gasteiger partial charge in [0.1, 0.15) is 11.5 Å². The van der Waals surface area contributed by atoms with Gasteiger partial charge >= 0.3 is 0 Å². The molecule has 2 saturated carbocycles. The molecule has 3 aliphatic rings. The van der Waals surface area contributed by atoms with Crippen LogP contribution < -0.4 is 0 Å². The number of aromatic nitrogens is 3. The van der Waals surface area contributed by atoms with E-state index in [-0.39, 0.29) is 17.8 Å². The molecule has 3 heterocycles. The van der Waals surface area contributed by atoms with Gasteiger partial charge in [0.2, 0.25) is 0 Å². The van der Waals surface area contributed by atoms with Gasteiger partial charge in [-0.3, -0.25) is 4.79 Å². The first-order chi connectivity index (χ1) is 17.1. The molecule has 0 saturated heterocycles. The number of hydrogen-bond acceptors (Lipinski definition) is 3.